The van der Waals surface area contributed by atoms with Gasteiger partial charge < -0.3 is 5.73 Å². The molecule has 0 saturated carbocycles. The number of benzene rings is 1. The summed E-state index contributed by atoms with van der Waals surface area (Å²) in [6, 6.07) is 11.0. The molecule has 0 saturated heterocycles. The predicted octanol–water partition coefficient (Wildman–Crippen LogP) is 2.87. The Balaban J connectivity index is 2.06. The van der Waals surface area contributed by atoms with Crippen LogP contribution in [0.4, 0.5) is 0 Å². The predicted molar refractivity (Wildman–Crippen MR) is 88.3 cm³/mol. The SMILES string of the molecule is Cc1ccc(C(CN)N(C)CCc2ccncc2)c(C)c1. The van der Waals surface area contributed by atoms with Crippen molar-refractivity contribution in [3.63, 3.8) is 0 Å². The van der Waals surface area contributed by atoms with Gasteiger partial charge in [0.25, 0.3) is 0 Å². The Kier molecular flexibility index (Phi) is 5.48. The van der Waals surface area contributed by atoms with E-state index < -0.39 is 0 Å². The number of hydrogen-bond acceptors (Lipinski definition) is 3. The number of hydrogen-bond donors (Lipinski definition) is 1. The summed E-state index contributed by atoms with van der Waals surface area (Å²) in [6.07, 6.45) is 4.71. The van der Waals surface area contributed by atoms with Gasteiger partial charge in [-0.05, 0) is 56.1 Å². The molecule has 0 spiro atoms. The highest BCUT2D eigenvalue weighted by molar-refractivity contribution is 5.33. The number of nitrogens with zero attached hydrogens (tertiary/aromatic N) is 2. The smallest absolute Gasteiger partial charge is 0.0470 e. The lowest BCUT2D eigenvalue weighted by molar-refractivity contribution is 0.252. The molecule has 1 aromatic heterocycles. The number of aryl methyl sites for hydroxylation is 2. The monoisotopic (exact) mass is 283 g/mol. The van der Waals surface area contributed by atoms with Crippen LogP contribution in [-0.4, -0.2) is 30.0 Å². The topological polar surface area (TPSA) is 42.1 Å². The Labute approximate surface area is 127 Å². The first-order valence-electron chi connectivity index (χ1n) is 7.48. The number of aromatic nitrogens is 1. The van der Waals surface area contributed by atoms with Crippen LogP contribution in [0.3, 0.4) is 0 Å². The highest BCUT2D eigenvalue weighted by Crippen LogP contribution is 2.23. The second kappa shape index (κ2) is 7.34. The lowest BCUT2D eigenvalue weighted by Gasteiger charge is -2.28. The van der Waals surface area contributed by atoms with Crippen LogP contribution in [0.2, 0.25) is 0 Å². The van der Waals surface area contributed by atoms with Crippen molar-refractivity contribution in [2.75, 3.05) is 20.1 Å². The fourth-order valence-corrected chi connectivity index (χ4v) is 2.75. The van der Waals surface area contributed by atoms with E-state index in [1.54, 1.807) is 0 Å². The van der Waals surface area contributed by atoms with Crippen LogP contribution in [0.15, 0.2) is 42.7 Å². The van der Waals surface area contributed by atoms with E-state index in [1.807, 2.05) is 12.4 Å². The minimum atomic E-state index is 0.271. The fourth-order valence-electron chi connectivity index (χ4n) is 2.75. The van der Waals surface area contributed by atoms with E-state index in [4.69, 9.17) is 5.73 Å². The van der Waals surface area contributed by atoms with Crippen molar-refractivity contribution in [1.82, 2.24) is 9.88 Å². The Hall–Kier alpha value is -1.71. The maximum atomic E-state index is 6.03. The van der Waals surface area contributed by atoms with Crippen LogP contribution < -0.4 is 5.73 Å². The average molecular weight is 283 g/mol. The molecular formula is C18H25N3. The van der Waals surface area contributed by atoms with Gasteiger partial charge in [0.2, 0.25) is 0 Å². The Morgan fingerprint density at radius 3 is 2.48 bits per heavy atom. The summed E-state index contributed by atoms with van der Waals surface area (Å²) in [5.41, 5.74) is 11.3. The van der Waals surface area contributed by atoms with Gasteiger partial charge in [0.1, 0.15) is 0 Å². The van der Waals surface area contributed by atoms with Crippen molar-refractivity contribution >= 4 is 0 Å². The highest BCUT2D eigenvalue weighted by Gasteiger charge is 2.17. The molecule has 1 heterocycles. The van der Waals surface area contributed by atoms with Crippen molar-refractivity contribution in [3.8, 4) is 0 Å². The highest BCUT2D eigenvalue weighted by atomic mass is 15.1. The molecule has 0 aliphatic rings. The molecule has 0 amide bonds. The molecule has 0 radical (unpaired) electrons. The molecule has 2 aromatic rings. The zero-order chi connectivity index (χ0) is 15.2. The summed E-state index contributed by atoms with van der Waals surface area (Å²) >= 11 is 0. The Morgan fingerprint density at radius 1 is 1.14 bits per heavy atom. The van der Waals surface area contributed by atoms with E-state index >= 15 is 0 Å². The summed E-state index contributed by atoms with van der Waals surface area (Å²) < 4.78 is 0. The molecule has 0 aliphatic heterocycles. The van der Waals surface area contributed by atoms with E-state index in [0.29, 0.717) is 6.54 Å². The maximum absolute atomic E-state index is 6.03. The van der Waals surface area contributed by atoms with E-state index in [0.717, 1.165) is 13.0 Å². The van der Waals surface area contributed by atoms with Gasteiger partial charge in [-0.15, -0.1) is 0 Å². The average Bonchev–Trinajstić information content (AvgIpc) is 2.49. The first kappa shape index (κ1) is 15.7. The molecule has 1 unspecified atom stereocenters. The first-order chi connectivity index (χ1) is 10.1. The minimum Gasteiger partial charge on any atom is -0.329 e. The van der Waals surface area contributed by atoms with Crippen molar-refractivity contribution in [2.45, 2.75) is 26.3 Å². The number of nitrogens with two attached hydrogens (primary N) is 1. The molecule has 1 aromatic carbocycles. The second-order valence-electron chi connectivity index (χ2n) is 5.70. The lowest BCUT2D eigenvalue weighted by Crippen LogP contribution is -2.32. The number of pyridine rings is 1. The summed E-state index contributed by atoms with van der Waals surface area (Å²) in [6.45, 7) is 5.92. The lowest BCUT2D eigenvalue weighted by atomic mass is 9.98. The summed E-state index contributed by atoms with van der Waals surface area (Å²) in [5.74, 6) is 0. The van der Waals surface area contributed by atoms with Crippen LogP contribution in [0.5, 0.6) is 0 Å². The third kappa shape index (κ3) is 4.13. The Bertz CT molecular complexity index is 566. The van der Waals surface area contributed by atoms with E-state index in [2.05, 4.69) is 61.1 Å². The normalized spacial score (nSPS) is 12.6. The zero-order valence-corrected chi connectivity index (χ0v) is 13.2. The number of likely N-dealkylation sites (N-methyl/N-ethyl adjacent to an activating group) is 1. The molecule has 0 fully saturated rings. The van der Waals surface area contributed by atoms with Crippen LogP contribution in [0.1, 0.15) is 28.3 Å². The van der Waals surface area contributed by atoms with Crippen molar-refractivity contribution < 1.29 is 0 Å². The van der Waals surface area contributed by atoms with Crippen LogP contribution in [0.25, 0.3) is 0 Å². The van der Waals surface area contributed by atoms with Gasteiger partial charge in [0.05, 0.1) is 0 Å². The third-order valence-corrected chi connectivity index (χ3v) is 4.04. The molecule has 2 N–H and O–H groups in total. The maximum Gasteiger partial charge on any atom is 0.0470 e. The second-order valence-corrected chi connectivity index (χ2v) is 5.70. The molecular weight excluding hydrogens is 258 g/mol. The van der Waals surface area contributed by atoms with Gasteiger partial charge in [-0.25, -0.2) is 0 Å². The number of rotatable bonds is 6. The van der Waals surface area contributed by atoms with Crippen molar-refractivity contribution in [3.05, 3.63) is 65.0 Å². The molecule has 112 valence electrons. The van der Waals surface area contributed by atoms with Gasteiger partial charge in [-0.3, -0.25) is 9.88 Å². The molecule has 0 bridgehead atoms. The van der Waals surface area contributed by atoms with Crippen LogP contribution in [0, 0.1) is 13.8 Å². The molecule has 21 heavy (non-hydrogen) atoms. The molecule has 2 rings (SSSR count). The van der Waals surface area contributed by atoms with Crippen molar-refractivity contribution in [2.24, 2.45) is 5.73 Å². The van der Waals surface area contributed by atoms with Gasteiger partial charge in [-0.2, -0.15) is 0 Å². The largest absolute Gasteiger partial charge is 0.329 e. The molecule has 1 atom stereocenters. The zero-order valence-electron chi connectivity index (χ0n) is 13.2. The fraction of sp³-hybridized carbons (Fsp3) is 0.389. The quantitative estimate of drug-likeness (QED) is 0.886. The molecule has 0 aliphatic carbocycles. The van der Waals surface area contributed by atoms with Gasteiger partial charge >= 0.3 is 0 Å². The van der Waals surface area contributed by atoms with E-state index in [9.17, 15) is 0 Å². The van der Waals surface area contributed by atoms with E-state index in [1.165, 1.54) is 22.3 Å². The third-order valence-electron chi connectivity index (χ3n) is 4.04. The van der Waals surface area contributed by atoms with Gasteiger partial charge in [0, 0.05) is 31.5 Å². The van der Waals surface area contributed by atoms with Crippen LogP contribution >= 0.6 is 0 Å². The molecule has 3 nitrogen and oxygen atoms in total. The van der Waals surface area contributed by atoms with Crippen LogP contribution in [-0.2, 0) is 6.42 Å². The summed E-state index contributed by atoms with van der Waals surface area (Å²) in [7, 11) is 2.15. The first-order valence-corrected chi connectivity index (χ1v) is 7.48. The van der Waals surface area contributed by atoms with E-state index in [-0.39, 0.29) is 6.04 Å². The van der Waals surface area contributed by atoms with Gasteiger partial charge in [0.15, 0.2) is 0 Å². The summed E-state index contributed by atoms with van der Waals surface area (Å²) in [5, 5.41) is 0. The minimum absolute atomic E-state index is 0.271. The van der Waals surface area contributed by atoms with Crippen molar-refractivity contribution in [1.29, 1.82) is 0 Å². The standard InChI is InChI=1S/C18H25N3/c1-14-4-5-17(15(2)12-14)18(13-19)21(3)11-8-16-6-9-20-10-7-16/h4-7,9-10,12,18H,8,11,13,19H2,1-3H3. The van der Waals surface area contributed by atoms with Gasteiger partial charge in [-0.1, -0.05) is 23.8 Å². The summed E-state index contributed by atoms with van der Waals surface area (Å²) in [4.78, 5) is 6.40. The Morgan fingerprint density at radius 2 is 1.86 bits per heavy atom. The molecule has 3 heteroatoms.